The fraction of sp³-hybridized carbons (Fsp3) is 0.462. The van der Waals surface area contributed by atoms with Crippen molar-refractivity contribution in [3.63, 3.8) is 0 Å². The molecule has 0 aliphatic heterocycles. The van der Waals surface area contributed by atoms with Crippen molar-refractivity contribution >= 4 is 5.91 Å². The van der Waals surface area contributed by atoms with Gasteiger partial charge in [0.15, 0.2) is 0 Å². The Kier molecular flexibility index (Phi) is 5.57. The third-order valence-corrected chi connectivity index (χ3v) is 2.61. The lowest BCUT2D eigenvalue weighted by molar-refractivity contribution is -0.120. The van der Waals surface area contributed by atoms with Crippen LogP contribution in [0.15, 0.2) is 30.3 Å². The molecule has 0 unspecified atom stereocenters. The van der Waals surface area contributed by atoms with Gasteiger partial charge in [0.2, 0.25) is 5.91 Å². The van der Waals surface area contributed by atoms with Gasteiger partial charge in [-0.15, -0.1) is 0 Å². The molecular weight excluding hydrogens is 200 g/mol. The lowest BCUT2D eigenvalue weighted by Crippen LogP contribution is -2.23. The highest BCUT2D eigenvalue weighted by molar-refractivity contribution is 5.75. The monoisotopic (exact) mass is 220 g/mol. The minimum absolute atomic E-state index is 0.106. The second-order valence-corrected chi connectivity index (χ2v) is 3.86. The van der Waals surface area contributed by atoms with Crippen molar-refractivity contribution in [2.24, 2.45) is 0 Å². The number of hydrogen-bond acceptors (Lipinski definition) is 2. The summed E-state index contributed by atoms with van der Waals surface area (Å²) < 4.78 is 0. The number of carbonyl (C=O) groups excluding carboxylic acids is 1. The molecule has 0 fully saturated rings. The van der Waals surface area contributed by atoms with E-state index < -0.39 is 0 Å². The standard InChI is InChI=1S/C13H20N2O/c1-11(12-7-4-3-5-8-12)15-10-6-9-13(16)14-2/h3-5,7-8,11,15H,6,9-10H2,1-2H3,(H,14,16)/t11-/m0/s1. The van der Waals surface area contributed by atoms with Crippen LogP contribution in [0.25, 0.3) is 0 Å². The number of amides is 1. The third-order valence-electron chi connectivity index (χ3n) is 2.61. The summed E-state index contributed by atoms with van der Waals surface area (Å²) >= 11 is 0. The summed E-state index contributed by atoms with van der Waals surface area (Å²) in [5, 5.41) is 6.02. The first-order valence-corrected chi connectivity index (χ1v) is 5.73. The van der Waals surface area contributed by atoms with Crippen LogP contribution in [-0.4, -0.2) is 19.5 Å². The molecule has 0 aliphatic carbocycles. The topological polar surface area (TPSA) is 41.1 Å². The average Bonchev–Trinajstić information content (AvgIpc) is 2.35. The van der Waals surface area contributed by atoms with Crippen molar-refractivity contribution < 1.29 is 4.79 Å². The third kappa shape index (κ3) is 4.45. The summed E-state index contributed by atoms with van der Waals surface area (Å²) in [5.41, 5.74) is 1.28. The molecule has 3 nitrogen and oxygen atoms in total. The molecular formula is C13H20N2O. The highest BCUT2D eigenvalue weighted by Crippen LogP contribution is 2.10. The van der Waals surface area contributed by atoms with Gasteiger partial charge in [0.25, 0.3) is 0 Å². The zero-order valence-electron chi connectivity index (χ0n) is 9.99. The van der Waals surface area contributed by atoms with Gasteiger partial charge in [-0.05, 0) is 25.5 Å². The Labute approximate surface area is 97.2 Å². The number of benzene rings is 1. The van der Waals surface area contributed by atoms with E-state index in [2.05, 4.69) is 29.7 Å². The van der Waals surface area contributed by atoms with Crippen molar-refractivity contribution in [1.82, 2.24) is 10.6 Å². The fourth-order valence-electron chi connectivity index (χ4n) is 1.55. The van der Waals surface area contributed by atoms with Gasteiger partial charge in [0.05, 0.1) is 0 Å². The highest BCUT2D eigenvalue weighted by atomic mass is 16.1. The zero-order valence-corrected chi connectivity index (χ0v) is 9.99. The van der Waals surface area contributed by atoms with Gasteiger partial charge in [-0.2, -0.15) is 0 Å². The maximum absolute atomic E-state index is 11.0. The van der Waals surface area contributed by atoms with E-state index in [0.29, 0.717) is 12.5 Å². The summed E-state index contributed by atoms with van der Waals surface area (Å²) in [5.74, 6) is 0.106. The number of hydrogen-bond donors (Lipinski definition) is 2. The van der Waals surface area contributed by atoms with E-state index in [4.69, 9.17) is 0 Å². The average molecular weight is 220 g/mol. The lowest BCUT2D eigenvalue weighted by atomic mass is 10.1. The molecule has 1 aromatic rings. The predicted molar refractivity (Wildman–Crippen MR) is 66.2 cm³/mol. The largest absolute Gasteiger partial charge is 0.359 e. The van der Waals surface area contributed by atoms with Gasteiger partial charge in [-0.1, -0.05) is 30.3 Å². The van der Waals surface area contributed by atoms with Crippen molar-refractivity contribution in [3.05, 3.63) is 35.9 Å². The Morgan fingerprint density at radius 1 is 1.31 bits per heavy atom. The molecule has 1 rings (SSSR count). The van der Waals surface area contributed by atoms with Gasteiger partial charge < -0.3 is 10.6 Å². The summed E-state index contributed by atoms with van der Waals surface area (Å²) in [6.07, 6.45) is 1.46. The van der Waals surface area contributed by atoms with Gasteiger partial charge >= 0.3 is 0 Å². The van der Waals surface area contributed by atoms with Gasteiger partial charge in [0, 0.05) is 19.5 Å². The quantitative estimate of drug-likeness (QED) is 0.718. The molecule has 88 valence electrons. The zero-order chi connectivity index (χ0) is 11.8. The summed E-state index contributed by atoms with van der Waals surface area (Å²) in [7, 11) is 1.67. The maximum atomic E-state index is 11.0. The molecule has 0 spiro atoms. The summed E-state index contributed by atoms with van der Waals surface area (Å²) in [6, 6.07) is 10.6. The molecule has 1 amide bonds. The molecule has 0 saturated carbocycles. The van der Waals surface area contributed by atoms with Crippen molar-refractivity contribution in [3.8, 4) is 0 Å². The molecule has 0 bridgehead atoms. The molecule has 2 N–H and O–H groups in total. The van der Waals surface area contributed by atoms with Crippen LogP contribution in [0, 0.1) is 0 Å². The van der Waals surface area contributed by atoms with Crippen LogP contribution in [-0.2, 0) is 4.79 Å². The van der Waals surface area contributed by atoms with Crippen LogP contribution < -0.4 is 10.6 Å². The first kappa shape index (κ1) is 12.7. The van der Waals surface area contributed by atoms with Gasteiger partial charge in [-0.25, -0.2) is 0 Å². The molecule has 1 aromatic carbocycles. The van der Waals surface area contributed by atoms with Gasteiger partial charge in [0.1, 0.15) is 0 Å². The predicted octanol–water partition coefficient (Wildman–Crippen LogP) is 1.86. The molecule has 16 heavy (non-hydrogen) atoms. The Morgan fingerprint density at radius 2 is 2.00 bits per heavy atom. The Morgan fingerprint density at radius 3 is 2.62 bits per heavy atom. The fourth-order valence-corrected chi connectivity index (χ4v) is 1.55. The Balaban J connectivity index is 2.21. The molecule has 3 heteroatoms. The van der Waals surface area contributed by atoms with E-state index >= 15 is 0 Å². The second-order valence-electron chi connectivity index (χ2n) is 3.86. The van der Waals surface area contributed by atoms with Crippen LogP contribution >= 0.6 is 0 Å². The summed E-state index contributed by atoms with van der Waals surface area (Å²) in [4.78, 5) is 11.0. The number of nitrogens with one attached hydrogen (secondary N) is 2. The first-order valence-electron chi connectivity index (χ1n) is 5.73. The molecule has 0 heterocycles. The number of carbonyl (C=O) groups is 1. The van der Waals surface area contributed by atoms with Crippen LogP contribution in [0.3, 0.4) is 0 Å². The normalized spacial score (nSPS) is 12.1. The van der Waals surface area contributed by atoms with E-state index in [0.717, 1.165) is 13.0 Å². The first-order chi connectivity index (χ1) is 7.74. The van der Waals surface area contributed by atoms with E-state index in [1.165, 1.54) is 5.56 Å². The highest BCUT2D eigenvalue weighted by Gasteiger charge is 2.03. The molecule has 0 aromatic heterocycles. The van der Waals surface area contributed by atoms with E-state index in [9.17, 15) is 4.79 Å². The van der Waals surface area contributed by atoms with Crippen molar-refractivity contribution in [1.29, 1.82) is 0 Å². The van der Waals surface area contributed by atoms with E-state index in [-0.39, 0.29) is 5.91 Å². The smallest absolute Gasteiger partial charge is 0.219 e. The maximum Gasteiger partial charge on any atom is 0.219 e. The van der Waals surface area contributed by atoms with Crippen LogP contribution in [0.4, 0.5) is 0 Å². The van der Waals surface area contributed by atoms with Crippen LogP contribution in [0.2, 0.25) is 0 Å². The Bertz CT molecular complexity index is 311. The number of rotatable bonds is 6. The molecule has 0 radical (unpaired) electrons. The minimum Gasteiger partial charge on any atom is -0.359 e. The lowest BCUT2D eigenvalue weighted by Gasteiger charge is -2.13. The Hall–Kier alpha value is -1.35. The second kappa shape index (κ2) is 7.01. The van der Waals surface area contributed by atoms with Crippen LogP contribution in [0.1, 0.15) is 31.4 Å². The van der Waals surface area contributed by atoms with Crippen LogP contribution in [0.5, 0.6) is 0 Å². The molecule has 0 aliphatic rings. The van der Waals surface area contributed by atoms with Crippen molar-refractivity contribution in [2.45, 2.75) is 25.8 Å². The van der Waals surface area contributed by atoms with Crippen molar-refractivity contribution in [2.75, 3.05) is 13.6 Å². The van der Waals surface area contributed by atoms with Gasteiger partial charge in [-0.3, -0.25) is 4.79 Å². The SMILES string of the molecule is CNC(=O)CCCN[C@@H](C)c1ccccc1. The molecule has 0 saturated heterocycles. The minimum atomic E-state index is 0.106. The molecule has 1 atom stereocenters. The summed E-state index contributed by atoms with van der Waals surface area (Å²) in [6.45, 7) is 3.00. The van der Waals surface area contributed by atoms with E-state index in [1.807, 2.05) is 18.2 Å². The van der Waals surface area contributed by atoms with E-state index in [1.54, 1.807) is 7.05 Å².